The van der Waals surface area contributed by atoms with E-state index in [1.807, 2.05) is 6.07 Å². The maximum Gasteiger partial charge on any atom is 0.274 e. The second-order valence-electron chi connectivity index (χ2n) is 6.31. The zero-order valence-electron chi connectivity index (χ0n) is 14.6. The van der Waals surface area contributed by atoms with E-state index in [1.54, 1.807) is 25.2 Å². The van der Waals surface area contributed by atoms with Gasteiger partial charge in [-0.3, -0.25) is 15.1 Å². The molecule has 1 saturated carbocycles. The zero-order chi connectivity index (χ0) is 17.7. The number of nitrogens with zero attached hydrogens (tertiary/aromatic N) is 2. The standard InChI is InChI=1S/C19H22N4O2.HI/c1-20-18(21-13-15-7-5-6-10-17(15)23(24)25)22-14-19(11-12-19)16-8-3-2-4-9-16;/h2-10H,11-14H2,1H3,(H2,20,21,22);1H. The van der Waals surface area contributed by atoms with Crippen molar-refractivity contribution in [3.63, 3.8) is 0 Å². The minimum absolute atomic E-state index is 0. The average molecular weight is 466 g/mol. The van der Waals surface area contributed by atoms with Gasteiger partial charge in [0.15, 0.2) is 5.96 Å². The summed E-state index contributed by atoms with van der Waals surface area (Å²) in [6.07, 6.45) is 2.32. The van der Waals surface area contributed by atoms with E-state index < -0.39 is 0 Å². The number of rotatable bonds is 6. The van der Waals surface area contributed by atoms with Crippen molar-refractivity contribution in [2.45, 2.75) is 24.8 Å². The highest BCUT2D eigenvalue weighted by Gasteiger charge is 2.43. The summed E-state index contributed by atoms with van der Waals surface area (Å²) >= 11 is 0. The summed E-state index contributed by atoms with van der Waals surface area (Å²) in [4.78, 5) is 15.0. The molecule has 7 heteroatoms. The molecule has 26 heavy (non-hydrogen) atoms. The summed E-state index contributed by atoms with van der Waals surface area (Å²) < 4.78 is 0. The quantitative estimate of drug-likeness (QED) is 0.224. The van der Waals surface area contributed by atoms with Crippen molar-refractivity contribution in [2.75, 3.05) is 13.6 Å². The minimum atomic E-state index is -0.359. The molecule has 2 N–H and O–H groups in total. The zero-order valence-corrected chi connectivity index (χ0v) is 17.0. The summed E-state index contributed by atoms with van der Waals surface area (Å²) in [6.45, 7) is 1.16. The van der Waals surface area contributed by atoms with E-state index in [1.165, 1.54) is 11.6 Å². The Labute approximate surface area is 170 Å². The van der Waals surface area contributed by atoms with Crippen LogP contribution in [0.15, 0.2) is 59.6 Å². The topological polar surface area (TPSA) is 79.6 Å². The number of halogens is 1. The number of nitro benzene ring substituents is 1. The van der Waals surface area contributed by atoms with Crippen molar-refractivity contribution in [3.05, 3.63) is 75.8 Å². The smallest absolute Gasteiger partial charge is 0.274 e. The van der Waals surface area contributed by atoms with Crippen LogP contribution in [0.4, 0.5) is 5.69 Å². The Kier molecular flexibility index (Phi) is 6.96. The van der Waals surface area contributed by atoms with Gasteiger partial charge in [-0.15, -0.1) is 24.0 Å². The fourth-order valence-electron chi connectivity index (χ4n) is 3.00. The molecule has 0 atom stereocenters. The summed E-state index contributed by atoms with van der Waals surface area (Å²) in [6, 6.07) is 17.2. The van der Waals surface area contributed by atoms with Crippen LogP contribution in [0, 0.1) is 10.1 Å². The fourth-order valence-corrected chi connectivity index (χ4v) is 3.00. The molecule has 1 aliphatic rings. The number of nitro groups is 1. The monoisotopic (exact) mass is 466 g/mol. The van der Waals surface area contributed by atoms with Crippen LogP contribution in [0.1, 0.15) is 24.0 Å². The molecule has 0 unspecified atom stereocenters. The number of benzene rings is 2. The lowest BCUT2D eigenvalue weighted by Gasteiger charge is -2.19. The first-order valence-corrected chi connectivity index (χ1v) is 8.37. The molecule has 1 fully saturated rings. The van der Waals surface area contributed by atoms with E-state index >= 15 is 0 Å². The molecule has 1 aliphatic carbocycles. The van der Waals surface area contributed by atoms with Crippen molar-refractivity contribution >= 4 is 35.6 Å². The molecule has 0 heterocycles. The fraction of sp³-hybridized carbons (Fsp3) is 0.316. The molecule has 0 bridgehead atoms. The van der Waals surface area contributed by atoms with Crippen molar-refractivity contribution in [1.82, 2.24) is 10.6 Å². The first-order valence-electron chi connectivity index (χ1n) is 8.37. The van der Waals surface area contributed by atoms with E-state index in [-0.39, 0.29) is 40.0 Å². The largest absolute Gasteiger partial charge is 0.356 e. The van der Waals surface area contributed by atoms with E-state index in [2.05, 4.69) is 39.9 Å². The second kappa shape index (κ2) is 8.98. The lowest BCUT2D eigenvalue weighted by atomic mass is 9.96. The Balaban J connectivity index is 0.00000243. The van der Waals surface area contributed by atoms with Gasteiger partial charge in [-0.25, -0.2) is 0 Å². The summed E-state index contributed by atoms with van der Waals surface area (Å²) in [5.41, 5.74) is 2.28. The number of nitrogens with one attached hydrogen (secondary N) is 2. The summed E-state index contributed by atoms with van der Waals surface area (Å²) in [5.74, 6) is 0.653. The van der Waals surface area contributed by atoms with Gasteiger partial charge in [0.1, 0.15) is 0 Å². The maximum atomic E-state index is 11.1. The predicted octanol–water partition coefficient (Wildman–Crippen LogP) is 3.61. The SMILES string of the molecule is CN=C(NCc1ccccc1[N+](=O)[O-])NCC1(c2ccccc2)CC1.I. The highest BCUT2D eigenvalue weighted by molar-refractivity contribution is 14.0. The Morgan fingerprint density at radius 1 is 1.12 bits per heavy atom. The van der Waals surface area contributed by atoms with Gasteiger partial charge in [-0.2, -0.15) is 0 Å². The second-order valence-corrected chi connectivity index (χ2v) is 6.31. The molecule has 0 aromatic heterocycles. The van der Waals surface area contributed by atoms with Gasteiger partial charge in [-0.1, -0.05) is 48.5 Å². The lowest BCUT2D eigenvalue weighted by molar-refractivity contribution is -0.385. The molecule has 0 aliphatic heterocycles. The number of hydrogen-bond donors (Lipinski definition) is 2. The molecule has 6 nitrogen and oxygen atoms in total. The van der Waals surface area contributed by atoms with Gasteiger partial charge in [-0.05, 0) is 18.4 Å². The number of guanidine groups is 1. The van der Waals surface area contributed by atoms with E-state index in [0.717, 1.165) is 19.4 Å². The molecular weight excluding hydrogens is 443 g/mol. The Hall–Kier alpha value is -2.16. The number of hydrogen-bond acceptors (Lipinski definition) is 3. The molecule has 0 spiro atoms. The highest BCUT2D eigenvalue weighted by atomic mass is 127. The maximum absolute atomic E-state index is 11.1. The van der Waals surface area contributed by atoms with Crippen LogP contribution in [-0.4, -0.2) is 24.5 Å². The molecule has 0 amide bonds. The summed E-state index contributed by atoms with van der Waals surface area (Å²) in [5, 5.41) is 17.6. The van der Waals surface area contributed by atoms with Gasteiger partial charge in [0.25, 0.3) is 5.69 Å². The predicted molar refractivity (Wildman–Crippen MR) is 114 cm³/mol. The normalized spacial score (nSPS) is 14.9. The molecule has 2 aromatic carbocycles. The van der Waals surface area contributed by atoms with Crippen LogP contribution in [0.25, 0.3) is 0 Å². The number of para-hydroxylation sites is 1. The first kappa shape index (κ1) is 20.2. The van der Waals surface area contributed by atoms with Crippen LogP contribution in [0.5, 0.6) is 0 Å². The van der Waals surface area contributed by atoms with E-state index in [0.29, 0.717) is 18.1 Å². The van der Waals surface area contributed by atoms with Crippen LogP contribution in [0.2, 0.25) is 0 Å². The van der Waals surface area contributed by atoms with Crippen molar-refractivity contribution in [2.24, 2.45) is 4.99 Å². The third-order valence-corrected chi connectivity index (χ3v) is 4.69. The third kappa shape index (κ3) is 4.72. The van der Waals surface area contributed by atoms with E-state index in [4.69, 9.17) is 0 Å². The molecule has 138 valence electrons. The Bertz CT molecular complexity index is 776. The van der Waals surface area contributed by atoms with Crippen LogP contribution < -0.4 is 10.6 Å². The van der Waals surface area contributed by atoms with Crippen LogP contribution in [0.3, 0.4) is 0 Å². The molecule has 0 radical (unpaired) electrons. The van der Waals surface area contributed by atoms with Gasteiger partial charge in [0.05, 0.1) is 4.92 Å². The molecular formula is C19H23IN4O2. The lowest BCUT2D eigenvalue weighted by Crippen LogP contribution is -2.41. The minimum Gasteiger partial charge on any atom is -0.356 e. The number of aliphatic imine (C=N–C) groups is 1. The Morgan fingerprint density at radius 2 is 1.77 bits per heavy atom. The van der Waals surface area contributed by atoms with Gasteiger partial charge < -0.3 is 10.6 Å². The Morgan fingerprint density at radius 3 is 2.38 bits per heavy atom. The van der Waals surface area contributed by atoms with Crippen LogP contribution in [-0.2, 0) is 12.0 Å². The average Bonchev–Trinajstić information content (AvgIpc) is 3.44. The van der Waals surface area contributed by atoms with Crippen molar-refractivity contribution in [1.29, 1.82) is 0 Å². The van der Waals surface area contributed by atoms with Crippen molar-refractivity contribution in [3.8, 4) is 0 Å². The summed E-state index contributed by atoms with van der Waals surface area (Å²) in [7, 11) is 1.71. The molecule has 0 saturated heterocycles. The van der Waals surface area contributed by atoms with Crippen LogP contribution >= 0.6 is 24.0 Å². The molecule has 2 aromatic rings. The van der Waals surface area contributed by atoms with Crippen molar-refractivity contribution < 1.29 is 4.92 Å². The third-order valence-electron chi connectivity index (χ3n) is 4.69. The van der Waals surface area contributed by atoms with Gasteiger partial charge in [0, 0.05) is 37.2 Å². The van der Waals surface area contributed by atoms with Gasteiger partial charge >= 0.3 is 0 Å². The molecule has 3 rings (SSSR count). The first-order chi connectivity index (χ1) is 12.1. The van der Waals surface area contributed by atoms with Gasteiger partial charge in [0.2, 0.25) is 0 Å². The van der Waals surface area contributed by atoms with E-state index in [9.17, 15) is 10.1 Å². The highest BCUT2D eigenvalue weighted by Crippen LogP contribution is 2.47.